The van der Waals surface area contributed by atoms with Crippen molar-refractivity contribution < 1.29 is 4.99 Å². The maximum Gasteiger partial charge on any atom is 0.211 e. The molecule has 188 valence electrons. The Balaban J connectivity index is 1.67. The first-order valence-corrected chi connectivity index (χ1v) is 13.4. The molecule has 0 radical (unpaired) electrons. The summed E-state index contributed by atoms with van der Waals surface area (Å²) in [6, 6.07) is 17.5. The van der Waals surface area contributed by atoms with E-state index in [0.29, 0.717) is 11.8 Å². The Hall–Kier alpha value is -2.95. The van der Waals surface area contributed by atoms with E-state index in [9.17, 15) is 0 Å². The van der Waals surface area contributed by atoms with Gasteiger partial charge in [-0.05, 0) is 82.6 Å². The molecule has 3 aromatic rings. The first-order valence-electron chi connectivity index (χ1n) is 13.4. The van der Waals surface area contributed by atoms with E-state index >= 15 is 0 Å². The molecule has 2 heterocycles. The number of para-hydroxylation sites is 2. The van der Waals surface area contributed by atoms with E-state index in [1.807, 2.05) is 14.1 Å². The molecule has 0 saturated carbocycles. The minimum Gasteiger partial charge on any atom is -0.358 e. The van der Waals surface area contributed by atoms with Crippen molar-refractivity contribution in [2.24, 2.45) is 11.3 Å². The molecule has 2 unspecified atom stereocenters. The second kappa shape index (κ2) is 10.2. The molecule has 1 aliphatic carbocycles. The Bertz CT molecular complexity index is 1440. The molecule has 1 aliphatic heterocycles. The summed E-state index contributed by atoms with van der Waals surface area (Å²) in [6.45, 7) is 9.14. The molecule has 0 fully saturated rings. The van der Waals surface area contributed by atoms with Crippen molar-refractivity contribution in [3.8, 4) is 0 Å². The number of hydrogen-bond acceptors (Lipinski definition) is 2. The number of H-pyrrole nitrogens is 1. The van der Waals surface area contributed by atoms with Gasteiger partial charge in [0.25, 0.3) is 0 Å². The molecule has 4 N–H and O–H groups in total. The molecule has 36 heavy (non-hydrogen) atoms. The topological polar surface area (TPSA) is 53.8 Å². The third kappa shape index (κ3) is 4.60. The van der Waals surface area contributed by atoms with E-state index in [0.717, 1.165) is 32.4 Å². The Morgan fingerprint density at radius 3 is 2.53 bits per heavy atom. The van der Waals surface area contributed by atoms with Gasteiger partial charge in [0.15, 0.2) is 0 Å². The van der Waals surface area contributed by atoms with Crippen LogP contribution in [0, 0.1) is 11.3 Å². The van der Waals surface area contributed by atoms with Gasteiger partial charge in [-0.2, -0.15) is 0 Å². The predicted molar refractivity (Wildman–Crippen MR) is 150 cm³/mol. The van der Waals surface area contributed by atoms with Crippen LogP contribution in [0.15, 0.2) is 72.0 Å². The van der Waals surface area contributed by atoms with Crippen LogP contribution in [0.25, 0.3) is 16.5 Å². The van der Waals surface area contributed by atoms with E-state index in [1.165, 1.54) is 49.6 Å². The van der Waals surface area contributed by atoms with E-state index in [2.05, 4.69) is 102 Å². The predicted octanol–water partition coefficient (Wildman–Crippen LogP) is 3.06. The van der Waals surface area contributed by atoms with Crippen LogP contribution >= 0.6 is 0 Å². The fourth-order valence-corrected chi connectivity index (χ4v) is 6.47. The Labute approximate surface area is 215 Å². The van der Waals surface area contributed by atoms with Crippen molar-refractivity contribution in [1.82, 2.24) is 15.6 Å². The third-order valence-electron chi connectivity index (χ3n) is 8.11. The van der Waals surface area contributed by atoms with Crippen LogP contribution in [0.1, 0.15) is 50.8 Å². The zero-order valence-corrected chi connectivity index (χ0v) is 22.5. The number of hydrogen-bond donors (Lipinski definition) is 4. The van der Waals surface area contributed by atoms with Crippen LogP contribution in [0.2, 0.25) is 0 Å². The average molecular weight is 482 g/mol. The Kier molecular flexibility index (Phi) is 7.00. The van der Waals surface area contributed by atoms with E-state index < -0.39 is 0 Å². The number of likely N-dealkylation sites (N-methyl/N-ethyl adjacent to an activating group) is 1. The van der Waals surface area contributed by atoms with Crippen molar-refractivity contribution in [3.05, 3.63) is 93.8 Å². The molecule has 0 bridgehead atoms. The second-order valence-electron chi connectivity index (χ2n) is 11.2. The summed E-state index contributed by atoms with van der Waals surface area (Å²) in [7, 11) is 4.08. The van der Waals surface area contributed by atoms with Crippen LogP contribution in [-0.2, 0) is 6.42 Å². The van der Waals surface area contributed by atoms with Gasteiger partial charge in [-0.3, -0.25) is 0 Å². The lowest BCUT2D eigenvalue weighted by Gasteiger charge is -2.41. The van der Waals surface area contributed by atoms with E-state index in [-0.39, 0.29) is 5.41 Å². The summed E-state index contributed by atoms with van der Waals surface area (Å²) in [6.07, 6.45) is 8.25. The SMILES string of the molecule is CNCCC1=c2ccccc2=[NH+]/C1=C\C1C(c2[nH]c3ccccc3c2CCNC)C=C(C)CC1(C)C. The maximum atomic E-state index is 3.88. The molecule has 1 aromatic heterocycles. The summed E-state index contributed by atoms with van der Waals surface area (Å²) in [5.74, 6) is 0.667. The summed E-state index contributed by atoms with van der Waals surface area (Å²) in [5.41, 5.74) is 8.42. The number of allylic oxidation sites excluding steroid dienone is 4. The Morgan fingerprint density at radius 1 is 1.00 bits per heavy atom. The van der Waals surface area contributed by atoms with Crippen LogP contribution in [-0.4, -0.2) is 32.2 Å². The average Bonchev–Trinajstić information content (AvgIpc) is 3.40. The lowest BCUT2D eigenvalue weighted by molar-refractivity contribution is -0.433. The molecule has 0 amide bonds. The molecule has 4 nitrogen and oxygen atoms in total. The lowest BCUT2D eigenvalue weighted by Crippen LogP contribution is -2.74. The molecule has 0 saturated heterocycles. The minimum atomic E-state index is 0.138. The second-order valence-corrected chi connectivity index (χ2v) is 11.2. The van der Waals surface area contributed by atoms with Gasteiger partial charge in [-0.25, -0.2) is 4.99 Å². The Morgan fingerprint density at radius 2 is 1.72 bits per heavy atom. The summed E-state index contributed by atoms with van der Waals surface area (Å²) >= 11 is 0. The molecule has 5 rings (SSSR count). The quantitative estimate of drug-likeness (QED) is 0.374. The number of fused-ring (bicyclic) bond motifs is 2. The van der Waals surface area contributed by atoms with Crippen LogP contribution in [0.3, 0.4) is 0 Å². The number of rotatable bonds is 8. The highest BCUT2D eigenvalue weighted by atomic mass is 14.8. The van der Waals surface area contributed by atoms with Crippen molar-refractivity contribution in [2.45, 2.75) is 46.0 Å². The zero-order chi connectivity index (χ0) is 25.3. The monoisotopic (exact) mass is 481 g/mol. The first-order chi connectivity index (χ1) is 17.4. The largest absolute Gasteiger partial charge is 0.358 e. The highest BCUT2D eigenvalue weighted by Crippen LogP contribution is 2.49. The summed E-state index contributed by atoms with van der Waals surface area (Å²) in [4.78, 5) is 7.67. The fraction of sp³-hybridized carbons (Fsp3) is 0.406. The van der Waals surface area contributed by atoms with Gasteiger partial charge in [0.05, 0.1) is 5.22 Å². The van der Waals surface area contributed by atoms with Crippen LogP contribution in [0.5, 0.6) is 0 Å². The highest BCUT2D eigenvalue weighted by molar-refractivity contribution is 5.85. The lowest BCUT2D eigenvalue weighted by atomic mass is 9.63. The van der Waals surface area contributed by atoms with Gasteiger partial charge in [-0.1, -0.05) is 55.8 Å². The van der Waals surface area contributed by atoms with E-state index in [1.54, 1.807) is 0 Å². The summed E-state index contributed by atoms with van der Waals surface area (Å²) in [5, 5.41) is 10.7. The molecule has 0 spiro atoms. The van der Waals surface area contributed by atoms with Crippen molar-refractivity contribution in [3.63, 3.8) is 0 Å². The van der Waals surface area contributed by atoms with Crippen molar-refractivity contribution in [1.29, 1.82) is 0 Å². The summed E-state index contributed by atoms with van der Waals surface area (Å²) < 4.78 is 0. The molecule has 2 aliphatic rings. The van der Waals surface area contributed by atoms with Crippen molar-refractivity contribution in [2.75, 3.05) is 27.2 Å². The number of nitrogens with one attached hydrogen (secondary N) is 4. The smallest absolute Gasteiger partial charge is 0.211 e. The minimum absolute atomic E-state index is 0.138. The van der Waals surface area contributed by atoms with Gasteiger partial charge in [-0.15, -0.1) is 0 Å². The van der Waals surface area contributed by atoms with Gasteiger partial charge >= 0.3 is 0 Å². The van der Waals surface area contributed by atoms with Gasteiger partial charge in [0.1, 0.15) is 0 Å². The van der Waals surface area contributed by atoms with Crippen LogP contribution < -0.4 is 26.2 Å². The number of aromatic amines is 1. The number of aromatic nitrogens is 1. The molecule has 2 aromatic carbocycles. The molecular weight excluding hydrogens is 440 g/mol. The van der Waals surface area contributed by atoms with Crippen LogP contribution in [0.4, 0.5) is 0 Å². The van der Waals surface area contributed by atoms with E-state index in [4.69, 9.17) is 0 Å². The number of benzene rings is 2. The van der Waals surface area contributed by atoms with Gasteiger partial charge < -0.3 is 15.6 Å². The van der Waals surface area contributed by atoms with Gasteiger partial charge in [0.2, 0.25) is 11.1 Å². The van der Waals surface area contributed by atoms with Crippen molar-refractivity contribution >= 4 is 16.5 Å². The highest BCUT2D eigenvalue weighted by Gasteiger charge is 2.40. The molecular formula is C32H41N4+. The third-order valence-corrected chi connectivity index (χ3v) is 8.11. The maximum absolute atomic E-state index is 3.88. The standard InChI is InChI=1S/C32H40N4/c1-21-18-26(31-25(15-17-34-5)23-11-7-9-13-29(23)36-31)27(32(2,3)20-21)19-30-24(14-16-33-4)22-10-6-8-12-28(22)35-30/h6-13,18-19,26-27,33-34,36H,14-17,20H2,1-5H3/p+1/b30-19-. The molecule has 4 heteroatoms. The zero-order valence-electron chi connectivity index (χ0n) is 22.5. The van der Waals surface area contributed by atoms with Gasteiger partial charge in [0, 0.05) is 40.1 Å². The fourth-order valence-electron chi connectivity index (χ4n) is 6.47. The first kappa shape index (κ1) is 24.7. The normalized spacial score (nSPS) is 22.1. The molecule has 2 atom stereocenters.